The zero-order chi connectivity index (χ0) is 15.8. The van der Waals surface area contributed by atoms with E-state index in [1.807, 2.05) is 51.1 Å². The number of esters is 1. The first-order valence-electron chi connectivity index (χ1n) is 7.17. The molecule has 0 aliphatic rings. The molecule has 21 heavy (non-hydrogen) atoms. The fourth-order valence-corrected chi connectivity index (χ4v) is 1.96. The van der Waals surface area contributed by atoms with Crippen molar-refractivity contribution in [2.24, 2.45) is 0 Å². The standard InChI is InChI=1S/C14H17N3O2.C2H6/c1-3-19-14(18)12-13(15)16-10(2)17(12)9-11-7-5-4-6-8-11;1-2/h4-8H,3,9,15H2,1-2H3;1-2H3. The summed E-state index contributed by atoms with van der Waals surface area (Å²) in [6.45, 7) is 8.44. The van der Waals surface area contributed by atoms with Gasteiger partial charge in [-0.2, -0.15) is 0 Å². The number of benzene rings is 1. The first-order chi connectivity index (χ1) is 10.1. The summed E-state index contributed by atoms with van der Waals surface area (Å²) in [5.74, 6) is 0.479. The van der Waals surface area contributed by atoms with Crippen molar-refractivity contribution in [2.45, 2.75) is 34.2 Å². The number of nitrogens with two attached hydrogens (primary N) is 1. The molecule has 0 saturated heterocycles. The molecule has 5 nitrogen and oxygen atoms in total. The Morgan fingerprint density at radius 3 is 2.48 bits per heavy atom. The Labute approximate surface area is 125 Å². The topological polar surface area (TPSA) is 70.1 Å². The minimum Gasteiger partial charge on any atom is -0.461 e. The van der Waals surface area contributed by atoms with Gasteiger partial charge in [0.15, 0.2) is 11.5 Å². The van der Waals surface area contributed by atoms with E-state index < -0.39 is 5.97 Å². The number of hydrogen-bond donors (Lipinski definition) is 1. The van der Waals surface area contributed by atoms with Crippen LogP contribution in [0.15, 0.2) is 30.3 Å². The van der Waals surface area contributed by atoms with Crippen molar-refractivity contribution in [3.8, 4) is 0 Å². The number of nitrogen functional groups attached to an aromatic ring is 1. The summed E-state index contributed by atoms with van der Waals surface area (Å²) < 4.78 is 6.80. The monoisotopic (exact) mass is 289 g/mol. The predicted molar refractivity (Wildman–Crippen MR) is 84.2 cm³/mol. The van der Waals surface area contributed by atoms with Crippen molar-refractivity contribution < 1.29 is 9.53 Å². The summed E-state index contributed by atoms with van der Waals surface area (Å²) >= 11 is 0. The molecule has 0 fully saturated rings. The molecule has 114 valence electrons. The molecule has 0 aliphatic heterocycles. The Kier molecular flexibility index (Phi) is 6.46. The van der Waals surface area contributed by atoms with Crippen molar-refractivity contribution in [3.05, 3.63) is 47.4 Å². The Morgan fingerprint density at radius 1 is 1.29 bits per heavy atom. The number of nitrogens with zero attached hydrogens (tertiary/aromatic N) is 2. The molecule has 0 saturated carbocycles. The molecule has 1 heterocycles. The first kappa shape index (κ1) is 16.8. The molecule has 1 aromatic carbocycles. The molecular formula is C16H23N3O2. The maximum Gasteiger partial charge on any atom is 0.358 e. The third-order valence-corrected chi connectivity index (χ3v) is 2.84. The number of aromatic nitrogens is 2. The molecule has 0 amide bonds. The van der Waals surface area contributed by atoms with Gasteiger partial charge in [-0.05, 0) is 19.4 Å². The van der Waals surface area contributed by atoms with Gasteiger partial charge >= 0.3 is 5.97 Å². The average Bonchev–Trinajstić information content (AvgIpc) is 2.77. The Balaban J connectivity index is 0.00000106. The van der Waals surface area contributed by atoms with Crippen molar-refractivity contribution >= 4 is 11.8 Å². The second-order valence-corrected chi connectivity index (χ2v) is 4.19. The highest BCUT2D eigenvalue weighted by Gasteiger charge is 2.20. The highest BCUT2D eigenvalue weighted by Crippen LogP contribution is 2.17. The average molecular weight is 289 g/mol. The number of aryl methyl sites for hydroxylation is 1. The van der Waals surface area contributed by atoms with E-state index in [4.69, 9.17) is 10.5 Å². The number of imidazole rings is 1. The lowest BCUT2D eigenvalue weighted by atomic mass is 10.2. The minimum atomic E-state index is -0.434. The van der Waals surface area contributed by atoms with Crippen LogP contribution < -0.4 is 5.73 Å². The third-order valence-electron chi connectivity index (χ3n) is 2.84. The van der Waals surface area contributed by atoms with Crippen molar-refractivity contribution in [1.82, 2.24) is 9.55 Å². The van der Waals surface area contributed by atoms with Gasteiger partial charge in [0, 0.05) is 6.54 Å². The van der Waals surface area contributed by atoms with E-state index in [1.54, 1.807) is 11.5 Å². The Bertz CT molecular complexity index is 577. The van der Waals surface area contributed by atoms with Crippen LogP contribution in [0, 0.1) is 6.92 Å². The van der Waals surface area contributed by atoms with Crippen LogP contribution in [-0.4, -0.2) is 22.1 Å². The molecule has 2 aromatic rings. The van der Waals surface area contributed by atoms with Crippen molar-refractivity contribution in [3.63, 3.8) is 0 Å². The predicted octanol–water partition coefficient (Wildman–Crippen LogP) is 3.02. The third kappa shape index (κ3) is 4.08. The van der Waals surface area contributed by atoms with E-state index >= 15 is 0 Å². The Morgan fingerprint density at radius 2 is 1.90 bits per heavy atom. The SMILES string of the molecule is CC.CCOC(=O)c1c(N)nc(C)n1Cc1ccccc1. The van der Waals surface area contributed by atoms with E-state index in [0.29, 0.717) is 24.7 Å². The van der Waals surface area contributed by atoms with Gasteiger partial charge < -0.3 is 15.0 Å². The van der Waals surface area contributed by atoms with Crippen LogP contribution in [0.5, 0.6) is 0 Å². The fourth-order valence-electron chi connectivity index (χ4n) is 1.96. The number of anilines is 1. The highest BCUT2D eigenvalue weighted by molar-refractivity contribution is 5.92. The zero-order valence-electron chi connectivity index (χ0n) is 13.1. The lowest BCUT2D eigenvalue weighted by Crippen LogP contribution is -2.15. The number of rotatable bonds is 4. The number of ether oxygens (including phenoxy) is 1. The molecule has 2 N–H and O–H groups in total. The molecule has 0 bridgehead atoms. The van der Waals surface area contributed by atoms with E-state index in [-0.39, 0.29) is 5.82 Å². The van der Waals surface area contributed by atoms with Crippen LogP contribution in [0.2, 0.25) is 0 Å². The van der Waals surface area contributed by atoms with Gasteiger partial charge in [-0.15, -0.1) is 0 Å². The van der Waals surface area contributed by atoms with E-state index in [2.05, 4.69) is 4.98 Å². The molecule has 1 aromatic heterocycles. The quantitative estimate of drug-likeness (QED) is 0.878. The summed E-state index contributed by atoms with van der Waals surface area (Å²) in [6, 6.07) is 9.84. The van der Waals surface area contributed by atoms with E-state index in [1.165, 1.54) is 0 Å². The molecule has 0 aliphatic carbocycles. The van der Waals surface area contributed by atoms with Gasteiger partial charge in [-0.25, -0.2) is 9.78 Å². The van der Waals surface area contributed by atoms with Crippen molar-refractivity contribution in [1.29, 1.82) is 0 Å². The number of hydrogen-bond acceptors (Lipinski definition) is 4. The Hall–Kier alpha value is -2.30. The van der Waals surface area contributed by atoms with Gasteiger partial charge in [-0.3, -0.25) is 0 Å². The van der Waals surface area contributed by atoms with Crippen LogP contribution in [0.4, 0.5) is 5.82 Å². The summed E-state index contributed by atoms with van der Waals surface area (Å²) in [5, 5.41) is 0. The second kappa shape index (κ2) is 8.09. The highest BCUT2D eigenvalue weighted by atomic mass is 16.5. The lowest BCUT2D eigenvalue weighted by molar-refractivity contribution is 0.0515. The van der Waals surface area contributed by atoms with Crippen LogP contribution in [0.25, 0.3) is 0 Å². The van der Waals surface area contributed by atoms with Crippen molar-refractivity contribution in [2.75, 3.05) is 12.3 Å². The largest absolute Gasteiger partial charge is 0.461 e. The molecule has 0 unspecified atom stereocenters. The lowest BCUT2D eigenvalue weighted by Gasteiger charge is -2.10. The molecule has 5 heteroatoms. The van der Waals surface area contributed by atoms with Gasteiger partial charge in [0.2, 0.25) is 0 Å². The summed E-state index contributed by atoms with van der Waals surface area (Å²) in [4.78, 5) is 16.1. The maximum absolute atomic E-state index is 11.9. The van der Waals surface area contributed by atoms with Crippen LogP contribution >= 0.6 is 0 Å². The molecular weight excluding hydrogens is 266 g/mol. The van der Waals surface area contributed by atoms with Crippen LogP contribution in [0.1, 0.15) is 42.6 Å². The summed E-state index contributed by atoms with van der Waals surface area (Å²) in [5.41, 5.74) is 7.19. The summed E-state index contributed by atoms with van der Waals surface area (Å²) in [6.07, 6.45) is 0. The minimum absolute atomic E-state index is 0.215. The van der Waals surface area contributed by atoms with Gasteiger partial charge in [0.25, 0.3) is 0 Å². The smallest absolute Gasteiger partial charge is 0.358 e. The van der Waals surface area contributed by atoms with Gasteiger partial charge in [0.1, 0.15) is 5.82 Å². The molecule has 0 atom stereocenters. The van der Waals surface area contributed by atoms with E-state index in [9.17, 15) is 4.79 Å². The molecule has 0 spiro atoms. The van der Waals surface area contributed by atoms with E-state index in [0.717, 1.165) is 5.56 Å². The number of carbonyl (C=O) groups excluding carboxylic acids is 1. The molecule has 0 radical (unpaired) electrons. The molecule has 2 rings (SSSR count). The first-order valence-corrected chi connectivity index (χ1v) is 7.17. The second-order valence-electron chi connectivity index (χ2n) is 4.19. The fraction of sp³-hybridized carbons (Fsp3) is 0.375. The normalized spacial score (nSPS) is 9.71. The van der Waals surface area contributed by atoms with Gasteiger partial charge in [-0.1, -0.05) is 44.2 Å². The van der Waals surface area contributed by atoms with Gasteiger partial charge in [0.05, 0.1) is 6.61 Å². The summed E-state index contributed by atoms with van der Waals surface area (Å²) in [7, 11) is 0. The van der Waals surface area contributed by atoms with Crippen LogP contribution in [-0.2, 0) is 11.3 Å². The van der Waals surface area contributed by atoms with Crippen LogP contribution in [0.3, 0.4) is 0 Å². The number of carbonyl (C=O) groups is 1. The maximum atomic E-state index is 11.9. The zero-order valence-corrected chi connectivity index (χ0v) is 13.1.